The molecular weight excluding hydrogens is 660 g/mol. The highest BCUT2D eigenvalue weighted by Gasteiger charge is 2.44. The Morgan fingerprint density at radius 3 is 1.38 bits per heavy atom. The van der Waals surface area contributed by atoms with Crippen molar-refractivity contribution in [1.29, 1.82) is 0 Å². The van der Waals surface area contributed by atoms with Crippen molar-refractivity contribution in [3.63, 3.8) is 0 Å². The Morgan fingerprint density at radius 1 is 0.562 bits per heavy atom. The van der Waals surface area contributed by atoms with E-state index in [0.29, 0.717) is 27.6 Å². The molecule has 3 aromatic carbocycles. The summed E-state index contributed by atoms with van der Waals surface area (Å²) < 4.78 is 20.9. The molecule has 0 heterocycles. The molecule has 8 heteroatoms. The molecule has 0 amide bonds. The third-order valence-corrected chi connectivity index (χ3v) is 9.49. The average Bonchev–Trinajstić information content (AvgIpc) is 3.09. The van der Waals surface area contributed by atoms with Gasteiger partial charge in [-0.2, -0.15) is 30.3 Å². The SMILES string of the molecule is CCCCCC(OB(Oc1ccc(Cl)cc1)Oc1ccc(Cl)cc1)C(CCC)[N+](CCCC)(CCCC)CCCC.Clc1cc[c-]cc1. The first-order chi connectivity index (χ1) is 23.3. The minimum Gasteiger partial charge on any atom is -0.501 e. The van der Waals surface area contributed by atoms with Crippen molar-refractivity contribution in [3.05, 3.63) is 93.9 Å². The number of nitrogens with zero attached hydrogens (tertiary/aromatic N) is 1. The highest BCUT2D eigenvalue weighted by molar-refractivity contribution is 6.38. The van der Waals surface area contributed by atoms with Crippen LogP contribution in [0.1, 0.15) is 112 Å². The predicted molar refractivity (Wildman–Crippen MR) is 207 cm³/mol. The van der Waals surface area contributed by atoms with Gasteiger partial charge in [0.1, 0.15) is 17.5 Å². The van der Waals surface area contributed by atoms with Gasteiger partial charge in [0.2, 0.25) is 0 Å². The van der Waals surface area contributed by atoms with Crippen LogP contribution < -0.4 is 9.31 Å². The summed E-state index contributed by atoms with van der Waals surface area (Å²) in [5, 5.41) is 2.09. The maximum Gasteiger partial charge on any atom is 0.788 e. The highest BCUT2D eigenvalue weighted by Crippen LogP contribution is 2.31. The van der Waals surface area contributed by atoms with Crippen molar-refractivity contribution in [2.24, 2.45) is 0 Å². The second-order valence-corrected chi connectivity index (χ2v) is 13.9. The topological polar surface area (TPSA) is 27.7 Å². The fourth-order valence-electron chi connectivity index (χ4n) is 6.14. The lowest BCUT2D eigenvalue weighted by Gasteiger charge is -2.48. The molecule has 3 aromatic rings. The van der Waals surface area contributed by atoms with Crippen molar-refractivity contribution in [2.75, 3.05) is 19.6 Å². The van der Waals surface area contributed by atoms with Crippen LogP contribution in [0, 0.1) is 6.07 Å². The van der Waals surface area contributed by atoms with Crippen LogP contribution in [0.5, 0.6) is 11.5 Å². The van der Waals surface area contributed by atoms with Gasteiger partial charge in [-0.3, -0.25) is 0 Å². The van der Waals surface area contributed by atoms with E-state index >= 15 is 0 Å². The largest absolute Gasteiger partial charge is 0.788 e. The molecule has 0 aliphatic carbocycles. The van der Waals surface area contributed by atoms with Crippen LogP contribution in [-0.4, -0.2) is 43.6 Å². The van der Waals surface area contributed by atoms with Crippen LogP contribution in [0.3, 0.4) is 0 Å². The fourth-order valence-corrected chi connectivity index (χ4v) is 6.52. The molecule has 0 bridgehead atoms. The van der Waals surface area contributed by atoms with Gasteiger partial charge >= 0.3 is 7.32 Å². The Morgan fingerprint density at radius 2 is 1.00 bits per heavy atom. The third kappa shape index (κ3) is 16.2. The second-order valence-electron chi connectivity index (χ2n) is 12.6. The lowest BCUT2D eigenvalue weighted by molar-refractivity contribution is -0.955. The van der Waals surface area contributed by atoms with Crippen LogP contribution in [0.15, 0.2) is 72.8 Å². The van der Waals surface area contributed by atoms with E-state index in [-0.39, 0.29) is 6.10 Å². The van der Waals surface area contributed by atoms with Gasteiger partial charge in [0.15, 0.2) is 0 Å². The van der Waals surface area contributed by atoms with Crippen LogP contribution in [0.4, 0.5) is 0 Å². The normalized spacial score (nSPS) is 12.5. The first-order valence-electron chi connectivity index (χ1n) is 18.3. The molecule has 0 saturated carbocycles. The molecule has 0 aliphatic heterocycles. The summed E-state index contributed by atoms with van der Waals surface area (Å²) in [4.78, 5) is 0. The molecule has 266 valence electrons. The predicted octanol–water partition coefficient (Wildman–Crippen LogP) is 12.9. The highest BCUT2D eigenvalue weighted by atomic mass is 35.5. The Bertz CT molecular complexity index is 1130. The first kappa shape index (κ1) is 42.3. The van der Waals surface area contributed by atoms with Gasteiger partial charge in [0, 0.05) is 16.5 Å². The number of unbranched alkanes of at least 4 members (excludes halogenated alkanes) is 5. The number of halogens is 3. The molecule has 2 unspecified atom stereocenters. The second kappa shape index (κ2) is 25.1. The molecule has 0 spiro atoms. The molecular formula is C40H59BCl3NO3. The number of benzene rings is 3. The zero-order valence-electron chi connectivity index (χ0n) is 30.1. The molecule has 0 N–H and O–H groups in total. The molecule has 0 aromatic heterocycles. The zero-order chi connectivity index (χ0) is 35.0. The van der Waals surface area contributed by atoms with E-state index in [1.54, 1.807) is 24.3 Å². The lowest BCUT2D eigenvalue weighted by Crippen LogP contribution is -2.62. The Kier molecular flexibility index (Phi) is 22.1. The Labute approximate surface area is 308 Å². The molecule has 3 rings (SSSR count). The van der Waals surface area contributed by atoms with Crippen molar-refractivity contribution in [1.82, 2.24) is 0 Å². The van der Waals surface area contributed by atoms with E-state index in [2.05, 4.69) is 40.7 Å². The fraction of sp³-hybridized carbons (Fsp3) is 0.550. The van der Waals surface area contributed by atoms with Crippen LogP contribution >= 0.6 is 34.8 Å². The molecule has 0 aliphatic rings. The maximum atomic E-state index is 7.00. The van der Waals surface area contributed by atoms with E-state index < -0.39 is 7.32 Å². The lowest BCUT2D eigenvalue weighted by atomic mass is 9.92. The minimum atomic E-state index is -0.895. The summed E-state index contributed by atoms with van der Waals surface area (Å²) in [6, 6.07) is 25.2. The summed E-state index contributed by atoms with van der Waals surface area (Å²) in [6.07, 6.45) is 14.1. The Hall–Kier alpha value is -1.89. The minimum absolute atomic E-state index is 0.0108. The van der Waals surface area contributed by atoms with E-state index in [4.69, 9.17) is 48.8 Å². The van der Waals surface area contributed by atoms with Crippen molar-refractivity contribution < 1.29 is 18.4 Å². The van der Waals surface area contributed by atoms with Crippen molar-refractivity contribution in [2.45, 2.75) is 124 Å². The van der Waals surface area contributed by atoms with Crippen molar-refractivity contribution >= 4 is 42.1 Å². The standard InChI is InChI=1S/C34H55BCl2NO3.C6H4Cl/c1-6-11-15-17-34(33(16-10-5)38(26-12-7-2,27-13-8-3)28-14-9-4)41-35(39-31-22-18-29(36)19-23-31)40-32-24-20-30(37)21-25-32;7-6-4-2-1-3-5-6/h18-25,33-34H,6-17,26-28H2,1-5H3;2-5H/q+1;-1. The Balaban J connectivity index is 0.00000101. The van der Waals surface area contributed by atoms with Gasteiger partial charge in [0.25, 0.3) is 0 Å². The van der Waals surface area contributed by atoms with Crippen molar-refractivity contribution in [3.8, 4) is 11.5 Å². The van der Waals surface area contributed by atoms with E-state index in [0.717, 1.165) is 35.2 Å². The average molecular weight is 719 g/mol. The molecule has 4 nitrogen and oxygen atoms in total. The van der Waals surface area contributed by atoms with Gasteiger partial charge in [-0.05, 0) is 74.2 Å². The number of hydrogen-bond donors (Lipinski definition) is 0. The summed E-state index contributed by atoms with van der Waals surface area (Å²) in [5.41, 5.74) is 0. The molecule has 48 heavy (non-hydrogen) atoms. The summed E-state index contributed by atoms with van der Waals surface area (Å²) in [5.74, 6) is 1.33. The van der Waals surface area contributed by atoms with Gasteiger partial charge in [-0.15, -0.1) is 11.6 Å². The first-order valence-corrected chi connectivity index (χ1v) is 19.4. The quantitative estimate of drug-likeness (QED) is 0.0423. The maximum absolute atomic E-state index is 7.00. The summed E-state index contributed by atoms with van der Waals surface area (Å²) >= 11 is 17.9. The van der Waals surface area contributed by atoms with Gasteiger partial charge in [0.05, 0.1) is 25.7 Å². The van der Waals surface area contributed by atoms with Crippen LogP contribution in [0.25, 0.3) is 0 Å². The smallest absolute Gasteiger partial charge is 0.501 e. The summed E-state index contributed by atoms with van der Waals surface area (Å²) in [6.45, 7) is 15.1. The monoisotopic (exact) mass is 717 g/mol. The van der Waals surface area contributed by atoms with Gasteiger partial charge in [-0.1, -0.05) is 108 Å². The van der Waals surface area contributed by atoms with E-state index in [9.17, 15) is 0 Å². The van der Waals surface area contributed by atoms with Crippen LogP contribution in [0.2, 0.25) is 15.1 Å². The summed E-state index contributed by atoms with van der Waals surface area (Å²) in [7, 11) is -0.895. The van der Waals surface area contributed by atoms with E-state index in [1.165, 1.54) is 71.0 Å². The third-order valence-electron chi connectivity index (χ3n) is 8.74. The number of hydrogen-bond acceptors (Lipinski definition) is 3. The number of rotatable bonds is 23. The molecule has 0 fully saturated rings. The molecule has 0 radical (unpaired) electrons. The molecule has 2 atom stereocenters. The van der Waals surface area contributed by atoms with Gasteiger partial charge < -0.3 is 18.4 Å². The number of quaternary nitrogens is 1. The van der Waals surface area contributed by atoms with Gasteiger partial charge in [-0.25, -0.2) is 0 Å². The van der Waals surface area contributed by atoms with E-state index in [1.807, 2.05) is 48.5 Å². The van der Waals surface area contributed by atoms with Crippen LogP contribution in [-0.2, 0) is 4.65 Å². The molecule has 0 saturated heterocycles. The zero-order valence-corrected chi connectivity index (χ0v) is 32.3.